The zero-order valence-electron chi connectivity index (χ0n) is 18.9. The summed E-state index contributed by atoms with van der Waals surface area (Å²) in [6.07, 6.45) is 5.19. The Bertz CT molecular complexity index is 1510. The molecule has 0 unspecified atom stereocenters. The van der Waals surface area contributed by atoms with Gasteiger partial charge >= 0.3 is 0 Å². The van der Waals surface area contributed by atoms with Crippen molar-refractivity contribution in [2.75, 3.05) is 7.11 Å². The average molecular weight is 498 g/mol. The van der Waals surface area contributed by atoms with Crippen molar-refractivity contribution in [2.24, 2.45) is 0 Å². The van der Waals surface area contributed by atoms with Crippen LogP contribution in [0.3, 0.4) is 0 Å². The molecule has 0 amide bonds. The molecule has 2 aliphatic heterocycles. The van der Waals surface area contributed by atoms with E-state index in [1.54, 1.807) is 37.2 Å². The van der Waals surface area contributed by atoms with Crippen molar-refractivity contribution in [3.8, 4) is 34.1 Å². The number of nitrogens with zero attached hydrogens (tertiary/aromatic N) is 5. The van der Waals surface area contributed by atoms with Crippen LogP contribution in [0.1, 0.15) is 24.2 Å². The van der Waals surface area contributed by atoms with Crippen molar-refractivity contribution in [3.05, 3.63) is 88.9 Å². The van der Waals surface area contributed by atoms with Crippen LogP contribution in [0.25, 0.3) is 28.3 Å². The van der Waals surface area contributed by atoms with Gasteiger partial charge in [-0.1, -0.05) is 17.7 Å². The second kappa shape index (κ2) is 8.74. The number of hydrogen-bond donors (Lipinski definition) is 0. The lowest BCUT2D eigenvalue weighted by Gasteiger charge is -2.20. The molecule has 3 aromatic rings. The van der Waals surface area contributed by atoms with Crippen molar-refractivity contribution < 1.29 is 17.9 Å². The van der Waals surface area contributed by atoms with Gasteiger partial charge in [-0.25, -0.2) is 18.2 Å². The first kappa shape index (κ1) is 22.9. The number of fused-ring (bicyclic) bond motifs is 1. The topological polar surface area (TPSA) is 57.8 Å². The number of imidazole rings is 1. The second-order valence-corrected chi connectivity index (χ2v) is 8.57. The molecule has 2 aromatic carbocycles. The number of rotatable bonds is 5. The van der Waals surface area contributed by atoms with Crippen LogP contribution in [-0.4, -0.2) is 31.4 Å². The molecule has 1 atom stereocenters. The Kier molecular flexibility index (Phi) is 5.72. The number of ether oxygens (including phenoxy) is 1. The van der Waals surface area contributed by atoms with Gasteiger partial charge in [-0.3, -0.25) is 0 Å². The smallest absolute Gasteiger partial charge is 0.194 e. The molecule has 0 radical (unpaired) electrons. The molecule has 6 nitrogen and oxygen atoms in total. The summed E-state index contributed by atoms with van der Waals surface area (Å²) >= 11 is 6.41. The summed E-state index contributed by atoms with van der Waals surface area (Å²) in [4.78, 5) is 4.26. The molecular formula is C25H19ClF3N5O. The Morgan fingerprint density at radius 3 is 2.40 bits per heavy atom. The Hall–Kier alpha value is -3.85. The number of halogens is 4. The molecule has 35 heavy (non-hydrogen) atoms. The van der Waals surface area contributed by atoms with Crippen molar-refractivity contribution in [3.63, 3.8) is 0 Å². The SMILES string of the molecule is COc1cc(-c2nnc3n([C@@H](C)c4cc(F)c(F)c(F)c4)cc(Cl)cc2-3)ccc1-n1cnc(C)c1. The summed E-state index contributed by atoms with van der Waals surface area (Å²) in [6.45, 7) is 3.61. The van der Waals surface area contributed by atoms with Crippen LogP contribution in [0.15, 0.2) is 55.1 Å². The van der Waals surface area contributed by atoms with E-state index in [-0.39, 0.29) is 5.56 Å². The quantitative estimate of drug-likeness (QED) is 0.270. The summed E-state index contributed by atoms with van der Waals surface area (Å²) in [5.41, 5.74) is 3.85. The number of methoxy groups -OCH3 is 1. The number of pyridine rings is 1. The molecule has 2 aliphatic rings. The number of benzene rings is 2. The Morgan fingerprint density at radius 1 is 1.00 bits per heavy atom. The third kappa shape index (κ3) is 4.01. The minimum absolute atomic E-state index is 0.223. The average Bonchev–Trinajstić information content (AvgIpc) is 3.47. The molecule has 3 heterocycles. The highest BCUT2D eigenvalue weighted by molar-refractivity contribution is 6.30. The highest BCUT2D eigenvalue weighted by atomic mass is 35.5. The van der Waals surface area contributed by atoms with Crippen molar-refractivity contribution in [1.82, 2.24) is 24.3 Å². The molecule has 1 aromatic heterocycles. The molecule has 0 bridgehead atoms. The van der Waals surface area contributed by atoms with Crippen LogP contribution >= 0.6 is 11.6 Å². The van der Waals surface area contributed by atoms with Crippen molar-refractivity contribution >= 4 is 11.6 Å². The maximum absolute atomic E-state index is 13.9. The predicted molar refractivity (Wildman–Crippen MR) is 126 cm³/mol. The number of aromatic nitrogens is 5. The molecule has 0 spiro atoms. The molecule has 10 heteroatoms. The van der Waals surface area contributed by atoms with E-state index in [1.165, 1.54) is 0 Å². The maximum atomic E-state index is 13.9. The third-order valence-electron chi connectivity index (χ3n) is 5.88. The Morgan fingerprint density at radius 2 is 1.74 bits per heavy atom. The number of hydrogen-bond acceptors (Lipinski definition) is 4. The Labute approximate surface area is 203 Å². The Balaban J connectivity index is 1.57. The summed E-state index contributed by atoms with van der Waals surface area (Å²) < 4.78 is 50.3. The van der Waals surface area contributed by atoms with Gasteiger partial charge in [0.15, 0.2) is 23.3 Å². The zero-order valence-corrected chi connectivity index (χ0v) is 19.7. The molecule has 0 N–H and O–H groups in total. The highest BCUT2D eigenvalue weighted by Crippen LogP contribution is 2.38. The lowest BCUT2D eigenvalue weighted by molar-refractivity contribution is 0.413. The highest BCUT2D eigenvalue weighted by Gasteiger charge is 2.24. The lowest BCUT2D eigenvalue weighted by Crippen LogP contribution is -2.12. The van der Waals surface area contributed by atoms with E-state index in [9.17, 15) is 13.2 Å². The normalized spacial score (nSPS) is 12.3. The maximum Gasteiger partial charge on any atom is 0.194 e. The second-order valence-electron chi connectivity index (χ2n) is 8.13. The van der Waals surface area contributed by atoms with E-state index in [1.807, 2.05) is 35.9 Å². The summed E-state index contributed by atoms with van der Waals surface area (Å²) in [5, 5.41) is 9.06. The van der Waals surface area contributed by atoms with Gasteiger partial charge in [0.1, 0.15) is 11.4 Å². The molecule has 0 saturated heterocycles. The molecule has 0 aliphatic carbocycles. The van der Waals surface area contributed by atoms with Gasteiger partial charge in [0, 0.05) is 23.5 Å². The van der Waals surface area contributed by atoms with Gasteiger partial charge in [0.2, 0.25) is 0 Å². The van der Waals surface area contributed by atoms with Crippen LogP contribution in [-0.2, 0) is 0 Å². The van der Waals surface area contributed by atoms with E-state index in [4.69, 9.17) is 16.3 Å². The van der Waals surface area contributed by atoms with E-state index < -0.39 is 23.5 Å². The fourth-order valence-electron chi connectivity index (χ4n) is 4.08. The van der Waals surface area contributed by atoms with Gasteiger partial charge in [0.25, 0.3) is 0 Å². The van der Waals surface area contributed by atoms with Crippen LogP contribution in [0.5, 0.6) is 5.75 Å². The first-order valence-corrected chi connectivity index (χ1v) is 11.0. The van der Waals surface area contributed by atoms with Gasteiger partial charge in [-0.2, -0.15) is 0 Å². The molecule has 0 saturated carbocycles. The first-order valence-electron chi connectivity index (χ1n) is 10.6. The van der Waals surface area contributed by atoms with Crippen molar-refractivity contribution in [2.45, 2.75) is 19.9 Å². The number of aryl methyl sites for hydroxylation is 1. The zero-order chi connectivity index (χ0) is 24.9. The van der Waals surface area contributed by atoms with E-state index in [0.717, 1.165) is 29.1 Å². The predicted octanol–water partition coefficient (Wildman–Crippen LogP) is 6.23. The molecule has 5 rings (SSSR count). The molecule has 0 fully saturated rings. The summed E-state index contributed by atoms with van der Waals surface area (Å²) in [7, 11) is 1.58. The first-order chi connectivity index (χ1) is 16.8. The lowest BCUT2D eigenvalue weighted by atomic mass is 10.0. The van der Waals surface area contributed by atoms with Crippen LogP contribution < -0.4 is 4.74 Å². The van der Waals surface area contributed by atoms with Crippen LogP contribution in [0.4, 0.5) is 13.2 Å². The van der Waals surface area contributed by atoms with Crippen LogP contribution in [0, 0.1) is 24.4 Å². The van der Waals surface area contributed by atoms with Gasteiger partial charge in [0.05, 0.1) is 35.9 Å². The largest absolute Gasteiger partial charge is 0.495 e. The van der Waals surface area contributed by atoms with Gasteiger partial charge in [-0.15, -0.1) is 10.2 Å². The monoisotopic (exact) mass is 497 g/mol. The third-order valence-corrected chi connectivity index (χ3v) is 6.09. The van der Waals surface area contributed by atoms with Gasteiger partial charge in [-0.05, 0) is 49.7 Å². The summed E-state index contributed by atoms with van der Waals surface area (Å²) in [5.74, 6) is -2.98. The summed E-state index contributed by atoms with van der Waals surface area (Å²) in [6, 6.07) is 8.65. The minimum atomic E-state index is -1.51. The fourth-order valence-corrected chi connectivity index (χ4v) is 4.29. The molecular weight excluding hydrogens is 479 g/mol. The van der Waals surface area contributed by atoms with E-state index >= 15 is 0 Å². The van der Waals surface area contributed by atoms with Gasteiger partial charge < -0.3 is 13.9 Å². The van der Waals surface area contributed by atoms with Crippen molar-refractivity contribution in [1.29, 1.82) is 0 Å². The van der Waals surface area contributed by atoms with E-state index in [2.05, 4.69) is 15.2 Å². The molecule has 178 valence electrons. The van der Waals surface area contributed by atoms with E-state index in [0.29, 0.717) is 27.9 Å². The minimum Gasteiger partial charge on any atom is -0.495 e. The van der Waals surface area contributed by atoms with Crippen LogP contribution in [0.2, 0.25) is 5.02 Å². The standard InChI is InChI=1S/C25H19ClF3N5O/c1-13-10-33(12-30-13)21-5-4-15(8-22(21)35-3)24-18-9-17(26)11-34(25(18)32-31-24)14(2)16-6-19(27)23(29)20(28)7-16/h4-12,14H,1-3H3/t14-/m0/s1. The fraction of sp³-hybridized carbons (Fsp3) is 0.160.